The van der Waals surface area contributed by atoms with Crippen molar-refractivity contribution < 1.29 is 9.21 Å². The molecule has 0 aliphatic carbocycles. The first-order valence-corrected chi connectivity index (χ1v) is 7.59. The first-order chi connectivity index (χ1) is 10.5. The van der Waals surface area contributed by atoms with Gasteiger partial charge >= 0.3 is 5.91 Å². The summed E-state index contributed by atoms with van der Waals surface area (Å²) in [5, 5.41) is 8.43. The third-order valence-electron chi connectivity index (χ3n) is 3.39. The molecule has 0 aromatic carbocycles. The number of hydrogen-bond donors (Lipinski definition) is 0. The van der Waals surface area contributed by atoms with E-state index in [1.807, 2.05) is 25.5 Å². The van der Waals surface area contributed by atoms with Gasteiger partial charge in [-0.2, -0.15) is 10.2 Å². The first kappa shape index (κ1) is 14.8. The van der Waals surface area contributed by atoms with E-state index in [4.69, 9.17) is 4.42 Å². The van der Waals surface area contributed by atoms with Gasteiger partial charge in [0.05, 0.1) is 28.6 Å². The van der Waals surface area contributed by atoms with Crippen molar-refractivity contribution in [1.29, 1.82) is 0 Å². The van der Waals surface area contributed by atoms with Crippen LogP contribution in [0.25, 0.3) is 0 Å². The lowest BCUT2D eigenvalue weighted by Gasteiger charge is -2.01. The Morgan fingerprint density at radius 2 is 2.09 bits per heavy atom. The van der Waals surface area contributed by atoms with E-state index in [1.54, 1.807) is 24.5 Å². The second kappa shape index (κ2) is 5.57. The Morgan fingerprint density at radius 1 is 1.32 bits per heavy atom. The van der Waals surface area contributed by atoms with Gasteiger partial charge in [-0.15, -0.1) is 0 Å². The summed E-state index contributed by atoms with van der Waals surface area (Å²) < 4.78 is 9.73. The zero-order valence-corrected chi connectivity index (χ0v) is 14.1. The molecule has 0 saturated heterocycles. The number of halogens is 1. The van der Waals surface area contributed by atoms with Crippen LogP contribution in [0.3, 0.4) is 0 Å². The number of furan rings is 1. The van der Waals surface area contributed by atoms with Gasteiger partial charge in [-0.1, -0.05) is 0 Å². The standard InChI is InChI=1S/C15H15BrN4O2/c1-9-6-17-20(7-9)15(21)13-5-4-12(22-13)8-19-11(3)14(16)10(2)18-19/h4-7H,8H2,1-3H3. The van der Waals surface area contributed by atoms with Crippen LogP contribution in [0.2, 0.25) is 0 Å². The topological polar surface area (TPSA) is 65.8 Å². The van der Waals surface area contributed by atoms with Gasteiger partial charge in [0.15, 0.2) is 5.76 Å². The molecule has 3 rings (SSSR count). The van der Waals surface area contributed by atoms with Gasteiger partial charge in [-0.25, -0.2) is 4.68 Å². The fraction of sp³-hybridized carbons (Fsp3) is 0.267. The van der Waals surface area contributed by atoms with Gasteiger partial charge in [0, 0.05) is 6.20 Å². The minimum Gasteiger partial charge on any atom is -0.454 e. The summed E-state index contributed by atoms with van der Waals surface area (Å²) in [6.45, 7) is 6.27. The van der Waals surface area contributed by atoms with Crippen LogP contribution in [0, 0.1) is 20.8 Å². The molecule has 0 bridgehead atoms. The molecule has 0 atom stereocenters. The van der Waals surface area contributed by atoms with Crippen LogP contribution in [-0.2, 0) is 6.54 Å². The number of nitrogens with zero attached hydrogens (tertiary/aromatic N) is 4. The summed E-state index contributed by atoms with van der Waals surface area (Å²) in [6, 6.07) is 3.45. The van der Waals surface area contributed by atoms with E-state index in [9.17, 15) is 4.79 Å². The van der Waals surface area contributed by atoms with E-state index in [1.165, 1.54) is 4.68 Å². The number of rotatable bonds is 3. The quantitative estimate of drug-likeness (QED) is 0.717. The average Bonchev–Trinajstić information content (AvgIpc) is 3.17. The van der Waals surface area contributed by atoms with E-state index in [2.05, 4.69) is 26.1 Å². The molecule has 0 fully saturated rings. The fourth-order valence-corrected chi connectivity index (χ4v) is 2.48. The molecule has 6 nitrogen and oxygen atoms in total. The van der Waals surface area contributed by atoms with Crippen molar-refractivity contribution in [3.05, 3.63) is 57.5 Å². The highest BCUT2D eigenvalue weighted by Gasteiger charge is 2.16. The highest BCUT2D eigenvalue weighted by Crippen LogP contribution is 2.21. The van der Waals surface area contributed by atoms with E-state index in [-0.39, 0.29) is 11.7 Å². The van der Waals surface area contributed by atoms with Crippen LogP contribution >= 0.6 is 15.9 Å². The minimum atomic E-state index is -0.283. The molecule has 0 N–H and O–H groups in total. The Labute approximate surface area is 135 Å². The van der Waals surface area contributed by atoms with Crippen LogP contribution in [0.1, 0.15) is 33.3 Å². The van der Waals surface area contributed by atoms with Crippen LogP contribution in [0.15, 0.2) is 33.4 Å². The molecule has 0 aliphatic rings. The Kier molecular flexibility index (Phi) is 3.74. The van der Waals surface area contributed by atoms with Crippen molar-refractivity contribution in [3.8, 4) is 0 Å². The van der Waals surface area contributed by atoms with Crippen LogP contribution in [-0.4, -0.2) is 25.5 Å². The number of aryl methyl sites for hydroxylation is 2. The smallest absolute Gasteiger partial charge is 0.313 e. The van der Waals surface area contributed by atoms with E-state index < -0.39 is 0 Å². The summed E-state index contributed by atoms with van der Waals surface area (Å²) in [6.07, 6.45) is 3.30. The van der Waals surface area contributed by atoms with Crippen molar-refractivity contribution in [2.75, 3.05) is 0 Å². The Balaban J connectivity index is 1.82. The Morgan fingerprint density at radius 3 is 2.68 bits per heavy atom. The minimum absolute atomic E-state index is 0.263. The summed E-state index contributed by atoms with van der Waals surface area (Å²) in [5.41, 5.74) is 2.87. The maximum Gasteiger partial charge on any atom is 0.313 e. The molecule has 0 spiro atoms. The average molecular weight is 363 g/mol. The van der Waals surface area contributed by atoms with Crippen molar-refractivity contribution in [3.63, 3.8) is 0 Å². The lowest BCUT2D eigenvalue weighted by molar-refractivity contribution is 0.0915. The van der Waals surface area contributed by atoms with Gasteiger partial charge in [0.1, 0.15) is 5.76 Å². The number of hydrogen-bond acceptors (Lipinski definition) is 4. The van der Waals surface area contributed by atoms with E-state index in [0.717, 1.165) is 21.4 Å². The normalized spacial score (nSPS) is 11.1. The molecule has 3 aromatic rings. The highest BCUT2D eigenvalue weighted by molar-refractivity contribution is 9.10. The predicted octanol–water partition coefficient (Wildman–Crippen LogP) is 3.10. The lowest BCUT2D eigenvalue weighted by Crippen LogP contribution is -2.11. The predicted molar refractivity (Wildman–Crippen MR) is 83.9 cm³/mol. The number of aromatic nitrogens is 4. The SMILES string of the molecule is Cc1cnn(C(=O)c2ccc(Cn3nc(C)c(Br)c3C)o2)c1. The van der Waals surface area contributed by atoms with Crippen LogP contribution < -0.4 is 0 Å². The second-order valence-electron chi connectivity index (χ2n) is 5.18. The largest absolute Gasteiger partial charge is 0.454 e. The monoisotopic (exact) mass is 362 g/mol. The first-order valence-electron chi connectivity index (χ1n) is 6.80. The van der Waals surface area contributed by atoms with Gasteiger partial charge in [0.25, 0.3) is 0 Å². The number of carbonyl (C=O) groups excluding carboxylic acids is 1. The van der Waals surface area contributed by atoms with Gasteiger partial charge in [0.2, 0.25) is 0 Å². The zero-order valence-electron chi connectivity index (χ0n) is 12.5. The third kappa shape index (κ3) is 2.64. The molecule has 0 aliphatic heterocycles. The Hall–Kier alpha value is -2.15. The third-order valence-corrected chi connectivity index (χ3v) is 4.54. The second-order valence-corrected chi connectivity index (χ2v) is 5.97. The molecule has 0 unspecified atom stereocenters. The molecule has 3 heterocycles. The maximum absolute atomic E-state index is 12.2. The van der Waals surface area contributed by atoms with E-state index in [0.29, 0.717) is 12.3 Å². The summed E-state index contributed by atoms with van der Waals surface area (Å²) >= 11 is 3.49. The van der Waals surface area contributed by atoms with Crippen molar-refractivity contribution in [2.24, 2.45) is 0 Å². The van der Waals surface area contributed by atoms with Gasteiger partial charge < -0.3 is 4.42 Å². The van der Waals surface area contributed by atoms with Crippen molar-refractivity contribution >= 4 is 21.8 Å². The molecule has 7 heteroatoms. The summed E-state index contributed by atoms with van der Waals surface area (Å²) in [7, 11) is 0. The van der Waals surface area contributed by atoms with Crippen molar-refractivity contribution in [2.45, 2.75) is 27.3 Å². The highest BCUT2D eigenvalue weighted by atomic mass is 79.9. The molecule has 0 radical (unpaired) electrons. The molecule has 22 heavy (non-hydrogen) atoms. The Bertz CT molecular complexity index is 844. The van der Waals surface area contributed by atoms with Gasteiger partial charge in [-0.3, -0.25) is 9.48 Å². The molecule has 3 aromatic heterocycles. The zero-order chi connectivity index (χ0) is 15.9. The van der Waals surface area contributed by atoms with Crippen LogP contribution in [0.5, 0.6) is 0 Å². The molecule has 0 amide bonds. The molecular formula is C15H15BrN4O2. The lowest BCUT2D eigenvalue weighted by atomic mass is 10.4. The fourth-order valence-electron chi connectivity index (χ4n) is 2.19. The summed E-state index contributed by atoms with van der Waals surface area (Å²) in [4.78, 5) is 12.2. The number of carbonyl (C=O) groups is 1. The molecule has 0 saturated carbocycles. The molecule has 114 valence electrons. The van der Waals surface area contributed by atoms with Crippen molar-refractivity contribution in [1.82, 2.24) is 19.6 Å². The van der Waals surface area contributed by atoms with Crippen LogP contribution in [0.4, 0.5) is 0 Å². The van der Waals surface area contributed by atoms with Gasteiger partial charge in [-0.05, 0) is 54.4 Å². The molecular weight excluding hydrogens is 348 g/mol. The maximum atomic E-state index is 12.2. The van der Waals surface area contributed by atoms with E-state index >= 15 is 0 Å². The summed E-state index contributed by atoms with van der Waals surface area (Å²) in [5.74, 6) is 0.651.